The monoisotopic (exact) mass is 443 g/mol. The van der Waals surface area contributed by atoms with E-state index < -0.39 is 5.69 Å². The fourth-order valence-corrected chi connectivity index (χ4v) is 4.68. The van der Waals surface area contributed by atoms with E-state index in [-0.39, 0.29) is 12.5 Å². The molecule has 0 aliphatic heterocycles. The number of hydrogen-bond donors (Lipinski definition) is 1. The first kappa shape index (κ1) is 20.1. The van der Waals surface area contributed by atoms with Gasteiger partial charge in [-0.15, -0.1) is 16.4 Å². The number of aromatic nitrogens is 4. The Morgan fingerprint density at radius 1 is 1.16 bits per heavy atom. The number of rotatable bonds is 5. The number of benzene rings is 2. The normalized spacial score (nSPS) is 11.3. The summed E-state index contributed by atoms with van der Waals surface area (Å²) in [5, 5.41) is 9.32. The van der Waals surface area contributed by atoms with E-state index >= 15 is 0 Å². The highest BCUT2D eigenvalue weighted by Crippen LogP contribution is 2.34. The maximum Gasteiger partial charge on any atom is 0.352 e. The van der Waals surface area contributed by atoms with Gasteiger partial charge in [0.05, 0.1) is 10.2 Å². The third-order valence-corrected chi connectivity index (χ3v) is 6.38. The van der Waals surface area contributed by atoms with Gasteiger partial charge in [-0.1, -0.05) is 48.9 Å². The van der Waals surface area contributed by atoms with E-state index in [4.69, 9.17) is 0 Å². The fraction of sp³-hybridized carbons (Fsp3) is 0.167. The molecule has 0 radical (unpaired) electrons. The van der Waals surface area contributed by atoms with Gasteiger partial charge in [-0.25, -0.2) is 18.9 Å². The Hall–Kier alpha value is -3.78. The van der Waals surface area contributed by atoms with Crippen LogP contribution in [-0.4, -0.2) is 25.1 Å². The summed E-state index contributed by atoms with van der Waals surface area (Å²) in [6.45, 7) is 3.93. The van der Waals surface area contributed by atoms with Crippen molar-refractivity contribution in [3.05, 3.63) is 81.8 Å². The number of anilines is 1. The third kappa shape index (κ3) is 3.58. The number of amides is 1. The zero-order chi connectivity index (χ0) is 22.2. The van der Waals surface area contributed by atoms with Crippen molar-refractivity contribution in [3.63, 3.8) is 0 Å². The molecule has 32 heavy (non-hydrogen) atoms. The van der Waals surface area contributed by atoms with Crippen molar-refractivity contribution >= 4 is 38.8 Å². The van der Waals surface area contributed by atoms with Gasteiger partial charge in [0.15, 0.2) is 5.65 Å². The molecule has 0 saturated heterocycles. The minimum Gasteiger partial charge on any atom is -0.324 e. The van der Waals surface area contributed by atoms with Crippen molar-refractivity contribution < 1.29 is 4.79 Å². The smallest absolute Gasteiger partial charge is 0.324 e. The molecule has 3 aromatic heterocycles. The maximum atomic E-state index is 12.8. The van der Waals surface area contributed by atoms with Gasteiger partial charge in [-0.3, -0.25) is 4.79 Å². The van der Waals surface area contributed by atoms with E-state index in [9.17, 15) is 9.59 Å². The van der Waals surface area contributed by atoms with E-state index in [1.54, 1.807) is 0 Å². The summed E-state index contributed by atoms with van der Waals surface area (Å²) in [5.41, 5.74) is 6.00. The molecule has 8 heteroatoms. The molecule has 1 N–H and O–H groups in total. The highest BCUT2D eigenvalue weighted by atomic mass is 32.1. The Kier molecular flexibility index (Phi) is 5.07. The van der Waals surface area contributed by atoms with Crippen molar-refractivity contribution in [3.8, 4) is 11.1 Å². The number of fused-ring (bicyclic) bond motifs is 3. The van der Waals surface area contributed by atoms with Crippen molar-refractivity contribution in [1.82, 2.24) is 19.2 Å². The summed E-state index contributed by atoms with van der Waals surface area (Å²) in [7, 11) is 0. The molecule has 0 atom stereocenters. The van der Waals surface area contributed by atoms with Crippen LogP contribution in [0.5, 0.6) is 0 Å². The SMILES string of the molecule is CCc1cccc(NC(=O)Cn2nc3c4scc(-c5ccc(C)cc5)c4ncn3c2=O)c1. The van der Waals surface area contributed by atoms with Crippen LogP contribution in [0.4, 0.5) is 5.69 Å². The van der Waals surface area contributed by atoms with Gasteiger partial charge in [-0.2, -0.15) is 0 Å². The first-order chi connectivity index (χ1) is 15.5. The van der Waals surface area contributed by atoms with Crippen molar-refractivity contribution in [1.29, 1.82) is 0 Å². The Morgan fingerprint density at radius 2 is 1.97 bits per heavy atom. The Balaban J connectivity index is 1.47. The molecule has 1 amide bonds. The molecular formula is C24H21N5O2S. The Labute approximate surface area is 188 Å². The molecule has 0 aliphatic rings. The van der Waals surface area contributed by atoms with Crippen LogP contribution < -0.4 is 11.0 Å². The summed E-state index contributed by atoms with van der Waals surface area (Å²) >= 11 is 1.49. The molecule has 3 heterocycles. The number of carbonyl (C=O) groups excluding carboxylic acids is 1. The molecule has 0 unspecified atom stereocenters. The van der Waals surface area contributed by atoms with Crippen LogP contribution >= 0.6 is 11.3 Å². The second-order valence-corrected chi connectivity index (χ2v) is 8.55. The lowest BCUT2D eigenvalue weighted by molar-refractivity contribution is -0.117. The zero-order valence-electron chi connectivity index (χ0n) is 17.7. The molecule has 0 bridgehead atoms. The summed E-state index contributed by atoms with van der Waals surface area (Å²) in [4.78, 5) is 29.9. The second-order valence-electron chi connectivity index (χ2n) is 7.67. The lowest BCUT2D eigenvalue weighted by atomic mass is 10.1. The van der Waals surface area contributed by atoms with E-state index in [1.807, 2.05) is 36.6 Å². The van der Waals surface area contributed by atoms with Gasteiger partial charge in [0.25, 0.3) is 0 Å². The molecule has 0 saturated carbocycles. The quantitative estimate of drug-likeness (QED) is 0.440. The minimum atomic E-state index is -0.392. The maximum absolute atomic E-state index is 12.8. The second kappa shape index (κ2) is 8.05. The van der Waals surface area contributed by atoms with Gasteiger partial charge < -0.3 is 5.32 Å². The molecule has 160 valence electrons. The molecule has 2 aromatic carbocycles. The van der Waals surface area contributed by atoms with E-state index in [1.165, 1.54) is 32.3 Å². The van der Waals surface area contributed by atoms with Gasteiger partial charge in [0, 0.05) is 16.6 Å². The van der Waals surface area contributed by atoms with Crippen LogP contribution in [0, 0.1) is 6.92 Å². The molecule has 5 rings (SSSR count). The highest BCUT2D eigenvalue weighted by Gasteiger charge is 2.17. The number of nitrogens with one attached hydrogen (secondary N) is 1. The summed E-state index contributed by atoms with van der Waals surface area (Å²) in [5.74, 6) is -0.306. The van der Waals surface area contributed by atoms with Crippen molar-refractivity contribution in [2.45, 2.75) is 26.8 Å². The lowest BCUT2D eigenvalue weighted by Crippen LogP contribution is -2.28. The third-order valence-electron chi connectivity index (χ3n) is 5.42. The van der Waals surface area contributed by atoms with Crippen LogP contribution in [-0.2, 0) is 17.8 Å². The van der Waals surface area contributed by atoms with E-state index in [2.05, 4.69) is 46.6 Å². The number of hydrogen-bond acceptors (Lipinski definition) is 5. The molecular weight excluding hydrogens is 422 g/mol. The van der Waals surface area contributed by atoms with Crippen LogP contribution in [0.1, 0.15) is 18.1 Å². The minimum absolute atomic E-state index is 0.172. The predicted molar refractivity (Wildman–Crippen MR) is 127 cm³/mol. The fourth-order valence-electron chi connectivity index (χ4n) is 3.68. The summed E-state index contributed by atoms with van der Waals surface area (Å²) in [6.07, 6.45) is 2.36. The van der Waals surface area contributed by atoms with Crippen LogP contribution in [0.15, 0.2) is 65.0 Å². The van der Waals surface area contributed by atoms with Gasteiger partial charge in [-0.05, 0) is 36.6 Å². The molecule has 0 fully saturated rings. The summed E-state index contributed by atoms with van der Waals surface area (Å²) in [6, 6.07) is 15.9. The largest absolute Gasteiger partial charge is 0.352 e. The molecule has 5 aromatic rings. The predicted octanol–water partition coefficient (Wildman–Crippen LogP) is 4.28. The van der Waals surface area contributed by atoms with Gasteiger partial charge >= 0.3 is 5.69 Å². The topological polar surface area (TPSA) is 81.3 Å². The van der Waals surface area contributed by atoms with Gasteiger partial charge in [0.1, 0.15) is 12.9 Å². The van der Waals surface area contributed by atoms with Crippen LogP contribution in [0.2, 0.25) is 0 Å². The zero-order valence-corrected chi connectivity index (χ0v) is 18.5. The number of carbonyl (C=O) groups is 1. The molecule has 7 nitrogen and oxygen atoms in total. The standard InChI is InChI=1S/C24H21N5O2S/c1-3-16-5-4-6-18(11-16)26-20(30)12-29-24(31)28-14-25-21-19(13-32-22(21)23(28)27-29)17-9-7-15(2)8-10-17/h4-11,13-14H,3,12H2,1-2H3,(H,26,30). The van der Waals surface area contributed by atoms with Crippen molar-refractivity contribution in [2.75, 3.05) is 5.32 Å². The number of nitrogens with zero attached hydrogens (tertiary/aromatic N) is 4. The van der Waals surface area contributed by atoms with Crippen LogP contribution in [0.3, 0.4) is 0 Å². The first-order valence-electron chi connectivity index (χ1n) is 10.3. The number of thiophene rings is 1. The molecule has 0 spiro atoms. The Bertz CT molecular complexity index is 1510. The van der Waals surface area contributed by atoms with Crippen molar-refractivity contribution in [2.24, 2.45) is 0 Å². The van der Waals surface area contributed by atoms with Gasteiger partial charge in [0.2, 0.25) is 5.91 Å². The average molecular weight is 444 g/mol. The number of aryl methyl sites for hydroxylation is 2. The summed E-state index contributed by atoms with van der Waals surface area (Å²) < 4.78 is 3.39. The average Bonchev–Trinajstić information content (AvgIpc) is 3.36. The van der Waals surface area contributed by atoms with E-state index in [0.717, 1.165) is 33.3 Å². The van der Waals surface area contributed by atoms with Crippen LogP contribution in [0.25, 0.3) is 27.0 Å². The van der Waals surface area contributed by atoms with E-state index in [0.29, 0.717) is 11.3 Å². The molecule has 0 aliphatic carbocycles. The lowest BCUT2D eigenvalue weighted by Gasteiger charge is -2.06. The highest BCUT2D eigenvalue weighted by molar-refractivity contribution is 7.18. The first-order valence-corrected chi connectivity index (χ1v) is 11.2. The Morgan fingerprint density at radius 3 is 2.75 bits per heavy atom.